The Morgan fingerprint density at radius 3 is 2.68 bits per heavy atom. The van der Waals surface area contributed by atoms with Gasteiger partial charge in [0.05, 0.1) is 6.04 Å². The Hall–Kier alpha value is -0.650. The molecule has 0 bridgehead atoms. The Morgan fingerprint density at radius 1 is 1.37 bits per heavy atom. The van der Waals surface area contributed by atoms with Crippen LogP contribution >= 0.6 is 0 Å². The van der Waals surface area contributed by atoms with E-state index in [1.165, 1.54) is 6.42 Å². The molecule has 2 aliphatic rings. The van der Waals surface area contributed by atoms with Crippen molar-refractivity contribution in [2.75, 3.05) is 45.8 Å². The van der Waals surface area contributed by atoms with Crippen LogP contribution in [0.1, 0.15) is 26.7 Å². The van der Waals surface area contributed by atoms with Crippen molar-refractivity contribution in [2.24, 2.45) is 0 Å². The van der Waals surface area contributed by atoms with E-state index in [-0.39, 0.29) is 11.9 Å². The molecule has 19 heavy (non-hydrogen) atoms. The quantitative estimate of drug-likeness (QED) is 0.730. The number of rotatable bonds is 5. The van der Waals surface area contributed by atoms with Crippen LogP contribution in [0.5, 0.6) is 0 Å². The average Bonchev–Trinajstić information content (AvgIpc) is 2.98. The monoisotopic (exact) mass is 268 g/mol. The molecule has 5 heteroatoms. The molecular weight excluding hydrogens is 240 g/mol. The predicted octanol–water partition coefficient (Wildman–Crippen LogP) is -0.119. The molecule has 2 atom stereocenters. The molecule has 0 radical (unpaired) electrons. The summed E-state index contributed by atoms with van der Waals surface area (Å²) in [6, 6.07) is 0.724. The van der Waals surface area contributed by atoms with Gasteiger partial charge in [0.15, 0.2) is 0 Å². The number of amides is 1. The number of piperazine rings is 1. The van der Waals surface area contributed by atoms with Crippen LogP contribution in [0.25, 0.3) is 0 Å². The van der Waals surface area contributed by atoms with Crippen molar-refractivity contribution in [2.45, 2.75) is 38.8 Å². The second kappa shape index (κ2) is 7.22. The van der Waals surface area contributed by atoms with Gasteiger partial charge in [-0.2, -0.15) is 0 Å². The van der Waals surface area contributed by atoms with Crippen molar-refractivity contribution in [3.63, 3.8) is 0 Å². The van der Waals surface area contributed by atoms with Crippen LogP contribution in [0.4, 0.5) is 0 Å². The van der Waals surface area contributed by atoms with Gasteiger partial charge in [0.25, 0.3) is 0 Å². The maximum absolute atomic E-state index is 12.0. The van der Waals surface area contributed by atoms with E-state index in [4.69, 9.17) is 0 Å². The molecular formula is C14H28N4O. The summed E-state index contributed by atoms with van der Waals surface area (Å²) in [7, 11) is 0. The molecule has 0 aromatic carbocycles. The zero-order valence-corrected chi connectivity index (χ0v) is 12.3. The summed E-state index contributed by atoms with van der Waals surface area (Å²) >= 11 is 0. The van der Waals surface area contributed by atoms with Gasteiger partial charge in [-0.3, -0.25) is 14.6 Å². The lowest BCUT2D eigenvalue weighted by atomic mass is 10.1. The fraction of sp³-hybridized carbons (Fsp3) is 0.929. The molecule has 5 nitrogen and oxygen atoms in total. The van der Waals surface area contributed by atoms with Crippen LogP contribution in [-0.2, 0) is 4.79 Å². The van der Waals surface area contributed by atoms with E-state index in [1.54, 1.807) is 0 Å². The zero-order valence-electron chi connectivity index (χ0n) is 12.3. The Labute approximate surface area is 116 Å². The molecule has 1 amide bonds. The highest BCUT2D eigenvalue weighted by Crippen LogP contribution is 2.13. The van der Waals surface area contributed by atoms with Crippen LogP contribution in [0, 0.1) is 0 Å². The number of hydrogen-bond acceptors (Lipinski definition) is 4. The summed E-state index contributed by atoms with van der Waals surface area (Å²) in [5.41, 5.74) is 0. The Balaban J connectivity index is 1.74. The van der Waals surface area contributed by atoms with Crippen molar-refractivity contribution in [1.29, 1.82) is 0 Å². The lowest BCUT2D eigenvalue weighted by Gasteiger charge is -2.39. The molecule has 2 rings (SSSR count). The van der Waals surface area contributed by atoms with E-state index in [9.17, 15) is 4.79 Å². The summed E-state index contributed by atoms with van der Waals surface area (Å²) in [6.45, 7) is 11.4. The molecule has 0 aromatic rings. The van der Waals surface area contributed by atoms with Gasteiger partial charge < -0.3 is 10.6 Å². The summed E-state index contributed by atoms with van der Waals surface area (Å²) < 4.78 is 0. The molecule has 2 N–H and O–H groups in total. The van der Waals surface area contributed by atoms with Crippen molar-refractivity contribution in [3.8, 4) is 0 Å². The summed E-state index contributed by atoms with van der Waals surface area (Å²) in [4.78, 5) is 16.8. The van der Waals surface area contributed by atoms with Crippen molar-refractivity contribution < 1.29 is 4.79 Å². The number of hydrogen-bond donors (Lipinski definition) is 2. The maximum Gasteiger partial charge on any atom is 0.237 e. The molecule has 0 saturated carbocycles. The molecule has 2 heterocycles. The molecule has 110 valence electrons. The minimum absolute atomic E-state index is 0.00963. The topological polar surface area (TPSA) is 47.6 Å². The fourth-order valence-electron chi connectivity index (χ4n) is 3.00. The maximum atomic E-state index is 12.0. The van der Waals surface area contributed by atoms with Crippen LogP contribution in [0.2, 0.25) is 0 Å². The zero-order chi connectivity index (χ0) is 13.7. The Kier molecular flexibility index (Phi) is 5.60. The normalized spacial score (nSPS) is 27.4. The predicted molar refractivity (Wildman–Crippen MR) is 77.2 cm³/mol. The SMILES string of the molecule is CCCNC(=O)C(C)N1CCN(C2CCNC2)CC1. The Morgan fingerprint density at radius 2 is 2.11 bits per heavy atom. The first-order chi connectivity index (χ1) is 9.22. The standard InChI is InChI=1S/C14H28N4O/c1-3-5-16-14(19)12(2)17-7-9-18(10-8-17)13-4-6-15-11-13/h12-13,15H,3-11H2,1-2H3,(H,16,19). The van der Waals surface area contributed by atoms with Crippen LogP contribution < -0.4 is 10.6 Å². The summed E-state index contributed by atoms with van der Waals surface area (Å²) in [5, 5.41) is 6.42. The Bertz CT molecular complexity index is 283. The van der Waals surface area contributed by atoms with Gasteiger partial charge >= 0.3 is 0 Å². The first kappa shape index (κ1) is 14.8. The number of nitrogens with zero attached hydrogens (tertiary/aromatic N) is 2. The van der Waals surface area contributed by atoms with Crippen LogP contribution in [0.3, 0.4) is 0 Å². The highest BCUT2D eigenvalue weighted by Gasteiger charge is 2.29. The van der Waals surface area contributed by atoms with Crippen LogP contribution in [0.15, 0.2) is 0 Å². The lowest BCUT2D eigenvalue weighted by Crippen LogP contribution is -2.56. The van der Waals surface area contributed by atoms with Crippen LogP contribution in [-0.4, -0.2) is 73.6 Å². The van der Waals surface area contributed by atoms with E-state index in [0.717, 1.165) is 52.2 Å². The lowest BCUT2D eigenvalue weighted by molar-refractivity contribution is -0.126. The molecule has 0 aliphatic carbocycles. The third-order valence-electron chi connectivity index (χ3n) is 4.38. The van der Waals surface area contributed by atoms with Crippen molar-refractivity contribution in [1.82, 2.24) is 20.4 Å². The summed E-state index contributed by atoms with van der Waals surface area (Å²) in [5.74, 6) is 0.179. The van der Waals surface area contributed by atoms with E-state index in [1.807, 2.05) is 6.92 Å². The first-order valence-electron chi connectivity index (χ1n) is 7.69. The molecule has 2 fully saturated rings. The highest BCUT2D eigenvalue weighted by atomic mass is 16.2. The minimum Gasteiger partial charge on any atom is -0.355 e. The van der Waals surface area contributed by atoms with E-state index < -0.39 is 0 Å². The van der Waals surface area contributed by atoms with Gasteiger partial charge in [-0.15, -0.1) is 0 Å². The highest BCUT2D eigenvalue weighted by molar-refractivity contribution is 5.81. The molecule has 2 aliphatic heterocycles. The number of carbonyl (C=O) groups excluding carboxylic acids is 1. The molecule has 0 aromatic heterocycles. The van der Waals surface area contributed by atoms with Gasteiger partial charge in [-0.1, -0.05) is 6.92 Å². The molecule has 2 saturated heterocycles. The fourth-order valence-corrected chi connectivity index (χ4v) is 3.00. The van der Waals surface area contributed by atoms with Gasteiger partial charge in [0.1, 0.15) is 0 Å². The van der Waals surface area contributed by atoms with Gasteiger partial charge in [-0.05, 0) is 26.3 Å². The van der Waals surface area contributed by atoms with Crippen molar-refractivity contribution in [3.05, 3.63) is 0 Å². The van der Waals surface area contributed by atoms with E-state index >= 15 is 0 Å². The van der Waals surface area contributed by atoms with Gasteiger partial charge in [0, 0.05) is 45.3 Å². The summed E-state index contributed by atoms with van der Waals surface area (Å²) in [6.07, 6.45) is 2.27. The largest absolute Gasteiger partial charge is 0.355 e. The van der Waals surface area contributed by atoms with E-state index in [0.29, 0.717) is 6.04 Å². The van der Waals surface area contributed by atoms with Gasteiger partial charge in [0.2, 0.25) is 5.91 Å². The third kappa shape index (κ3) is 3.91. The average molecular weight is 268 g/mol. The van der Waals surface area contributed by atoms with Crippen molar-refractivity contribution >= 4 is 5.91 Å². The third-order valence-corrected chi connectivity index (χ3v) is 4.38. The minimum atomic E-state index is 0.00963. The number of nitrogens with one attached hydrogen (secondary N) is 2. The first-order valence-corrected chi connectivity index (χ1v) is 7.69. The second-order valence-electron chi connectivity index (χ2n) is 5.69. The smallest absolute Gasteiger partial charge is 0.237 e. The van der Waals surface area contributed by atoms with Gasteiger partial charge in [-0.25, -0.2) is 0 Å². The number of carbonyl (C=O) groups is 1. The molecule has 2 unspecified atom stereocenters. The van der Waals surface area contributed by atoms with E-state index in [2.05, 4.69) is 27.4 Å². The molecule has 0 spiro atoms. The second-order valence-corrected chi connectivity index (χ2v) is 5.69.